The van der Waals surface area contributed by atoms with Gasteiger partial charge in [-0.15, -0.1) is 0 Å². The number of rotatable bonds is 12. The van der Waals surface area contributed by atoms with Crippen LogP contribution < -0.4 is 14.4 Å². The number of aryl methyl sites for hydroxylation is 2. The van der Waals surface area contributed by atoms with Crippen molar-refractivity contribution in [3.63, 3.8) is 0 Å². The van der Waals surface area contributed by atoms with Crippen LogP contribution in [0.1, 0.15) is 43.6 Å². The summed E-state index contributed by atoms with van der Waals surface area (Å²) >= 11 is 12.1. The van der Waals surface area contributed by atoms with Gasteiger partial charge in [0, 0.05) is 43.8 Å². The van der Waals surface area contributed by atoms with E-state index in [2.05, 4.69) is 0 Å². The zero-order valence-electron chi connectivity index (χ0n) is 27.0. The molecule has 0 unspecified atom stereocenters. The minimum absolute atomic E-state index is 0.0502. The number of alkyl halides is 6. The lowest BCUT2D eigenvalue weighted by Gasteiger charge is -2.24. The molecule has 1 aromatic heterocycles. The van der Waals surface area contributed by atoms with Gasteiger partial charge in [0.1, 0.15) is 25.5 Å². The van der Waals surface area contributed by atoms with Gasteiger partial charge in [-0.2, -0.15) is 26.3 Å². The van der Waals surface area contributed by atoms with E-state index in [1.54, 1.807) is 51.0 Å². The van der Waals surface area contributed by atoms with E-state index < -0.39 is 53.2 Å². The Labute approximate surface area is 291 Å². The van der Waals surface area contributed by atoms with Gasteiger partial charge in [0.2, 0.25) is 0 Å². The second-order valence-electron chi connectivity index (χ2n) is 11.6. The lowest BCUT2D eigenvalue weighted by Crippen LogP contribution is -2.37. The van der Waals surface area contributed by atoms with Gasteiger partial charge < -0.3 is 9.80 Å². The van der Waals surface area contributed by atoms with Gasteiger partial charge in [-0.1, -0.05) is 29.3 Å². The standard InChI is InChI=1S/C31H35Cl2F6N4O4S2/c1-5-40-26-18-22(32)20(30(34,35)36)16-24(26)42(12-8-14-48(3,44)45)28(40)10-7-11-29-41(6-2)27-19-23(33)21(31(37,38)39)17-25(27)43(29)13-9-15-49(4,46)47/h7,10-11,16-19H,5-6,8-9,12-15H2,1-4H3/q+1. The zero-order valence-corrected chi connectivity index (χ0v) is 30.1. The molecule has 8 nitrogen and oxygen atoms in total. The number of halogens is 8. The highest BCUT2D eigenvalue weighted by Crippen LogP contribution is 2.48. The number of sulfone groups is 2. The van der Waals surface area contributed by atoms with Gasteiger partial charge in [0.15, 0.2) is 11.0 Å². The smallest absolute Gasteiger partial charge is 0.326 e. The van der Waals surface area contributed by atoms with Crippen LogP contribution in [0.2, 0.25) is 10.0 Å². The quantitative estimate of drug-likeness (QED) is 0.141. The maximum absolute atomic E-state index is 13.9. The molecule has 0 saturated carbocycles. The third kappa shape index (κ3) is 8.86. The summed E-state index contributed by atoms with van der Waals surface area (Å²) in [4.78, 5) is 3.29. The summed E-state index contributed by atoms with van der Waals surface area (Å²) in [6.07, 6.45) is -2.36. The summed E-state index contributed by atoms with van der Waals surface area (Å²) in [5.41, 5.74) is -0.972. The van der Waals surface area contributed by atoms with Crippen molar-refractivity contribution in [1.82, 2.24) is 4.57 Å². The molecule has 2 heterocycles. The van der Waals surface area contributed by atoms with Crippen molar-refractivity contribution in [2.24, 2.45) is 0 Å². The van der Waals surface area contributed by atoms with E-state index in [1.165, 1.54) is 12.1 Å². The molecule has 0 saturated heterocycles. The topological polar surface area (TPSA) is 83.6 Å². The van der Waals surface area contributed by atoms with Crippen molar-refractivity contribution in [1.29, 1.82) is 0 Å². The van der Waals surface area contributed by atoms with Crippen molar-refractivity contribution in [3.8, 4) is 0 Å². The molecular formula is C31H35Cl2F6N4O4S2+. The van der Waals surface area contributed by atoms with Gasteiger partial charge in [-0.3, -0.25) is 0 Å². The Morgan fingerprint density at radius 2 is 1.33 bits per heavy atom. The van der Waals surface area contributed by atoms with E-state index in [9.17, 15) is 43.2 Å². The van der Waals surface area contributed by atoms with Crippen molar-refractivity contribution in [3.05, 3.63) is 69.2 Å². The van der Waals surface area contributed by atoms with E-state index in [0.717, 1.165) is 24.6 Å². The fourth-order valence-electron chi connectivity index (χ4n) is 5.87. The molecule has 0 radical (unpaired) electrons. The molecule has 49 heavy (non-hydrogen) atoms. The zero-order chi connectivity index (χ0) is 36.7. The Balaban J connectivity index is 1.88. The first-order valence-corrected chi connectivity index (χ1v) is 20.0. The fourth-order valence-corrected chi connectivity index (χ4v) is 7.71. The van der Waals surface area contributed by atoms with E-state index in [0.29, 0.717) is 35.9 Å². The average molecular weight is 777 g/mol. The first-order valence-electron chi connectivity index (χ1n) is 15.1. The normalized spacial score (nSPS) is 15.4. The second kappa shape index (κ2) is 14.3. The number of aromatic nitrogens is 2. The highest BCUT2D eigenvalue weighted by molar-refractivity contribution is 7.90. The summed E-state index contributed by atoms with van der Waals surface area (Å²) in [7, 11) is -6.75. The molecule has 2 aromatic carbocycles. The van der Waals surface area contributed by atoms with Crippen LogP contribution in [0.15, 0.2) is 42.2 Å². The minimum Gasteiger partial charge on any atom is -0.326 e. The van der Waals surface area contributed by atoms with Crippen LogP contribution in [0.4, 0.5) is 37.7 Å². The van der Waals surface area contributed by atoms with E-state index >= 15 is 0 Å². The summed E-state index contributed by atoms with van der Waals surface area (Å²) in [6.45, 7) is 4.26. The number of imidazole rings is 1. The number of fused-ring (bicyclic) bond motifs is 2. The highest BCUT2D eigenvalue weighted by atomic mass is 35.5. The Morgan fingerprint density at radius 1 is 0.776 bits per heavy atom. The minimum atomic E-state index is -4.75. The first-order chi connectivity index (χ1) is 22.6. The molecule has 1 aliphatic rings. The van der Waals surface area contributed by atoms with E-state index in [1.807, 2.05) is 0 Å². The number of anilines is 2. The lowest BCUT2D eigenvalue weighted by atomic mass is 10.1. The van der Waals surface area contributed by atoms with Gasteiger partial charge in [-0.05, 0) is 44.9 Å². The Kier molecular flexibility index (Phi) is 11.4. The highest BCUT2D eigenvalue weighted by Gasteiger charge is 2.39. The molecule has 0 atom stereocenters. The summed E-state index contributed by atoms with van der Waals surface area (Å²) in [5.74, 6) is 0.423. The van der Waals surface area contributed by atoms with Gasteiger partial charge in [0.25, 0.3) is 5.82 Å². The predicted molar refractivity (Wildman–Crippen MR) is 180 cm³/mol. The number of hydrogen-bond acceptors (Lipinski definition) is 6. The molecule has 0 amide bonds. The molecule has 18 heteroatoms. The third-order valence-electron chi connectivity index (χ3n) is 7.93. The van der Waals surface area contributed by atoms with Gasteiger partial charge >= 0.3 is 12.4 Å². The number of hydrogen-bond donors (Lipinski definition) is 0. The number of allylic oxidation sites excluding steroid dienone is 2. The van der Waals surface area contributed by atoms with Crippen LogP contribution in [-0.2, 0) is 45.1 Å². The lowest BCUT2D eigenvalue weighted by molar-refractivity contribution is -0.673. The fraction of sp³-hybridized carbons (Fsp3) is 0.452. The molecule has 0 bridgehead atoms. The Bertz CT molecular complexity index is 2030. The van der Waals surface area contributed by atoms with Crippen LogP contribution in [0.25, 0.3) is 17.1 Å². The molecular weight excluding hydrogens is 741 g/mol. The predicted octanol–water partition coefficient (Wildman–Crippen LogP) is 7.36. The van der Waals surface area contributed by atoms with Crippen LogP contribution in [-0.4, -0.2) is 58.5 Å². The summed E-state index contributed by atoms with van der Waals surface area (Å²) < 4.78 is 134. The number of nitrogens with zero attached hydrogens (tertiary/aromatic N) is 4. The van der Waals surface area contributed by atoms with Gasteiger partial charge in [-0.25, -0.2) is 26.0 Å². The average Bonchev–Trinajstić information content (AvgIpc) is 3.39. The second-order valence-corrected chi connectivity index (χ2v) is 17.0. The molecule has 4 rings (SSSR count). The Hall–Kier alpha value is -2.95. The summed E-state index contributed by atoms with van der Waals surface area (Å²) in [5, 5.41) is -1.01. The van der Waals surface area contributed by atoms with Crippen molar-refractivity contribution >= 4 is 71.4 Å². The van der Waals surface area contributed by atoms with E-state index in [4.69, 9.17) is 23.2 Å². The number of benzene rings is 2. The van der Waals surface area contributed by atoms with Crippen molar-refractivity contribution in [2.45, 2.75) is 52.1 Å². The summed E-state index contributed by atoms with van der Waals surface area (Å²) in [6, 6.07) is 4.28. The van der Waals surface area contributed by atoms with E-state index in [-0.39, 0.29) is 48.6 Å². The third-order valence-corrected chi connectivity index (χ3v) is 10.6. The molecule has 270 valence electrons. The monoisotopic (exact) mass is 775 g/mol. The molecule has 0 spiro atoms. The van der Waals surface area contributed by atoms with Crippen molar-refractivity contribution in [2.75, 3.05) is 46.9 Å². The molecule has 1 aliphatic heterocycles. The maximum Gasteiger partial charge on any atom is 0.418 e. The van der Waals surface area contributed by atoms with Gasteiger partial charge in [0.05, 0.1) is 57.1 Å². The largest absolute Gasteiger partial charge is 0.418 e. The van der Waals surface area contributed by atoms with Crippen molar-refractivity contribution < 1.29 is 47.7 Å². The molecule has 3 aromatic rings. The Morgan fingerprint density at radius 3 is 1.88 bits per heavy atom. The SMILES string of the molecule is CCN1/C(=C\C=C\c2n(CC)c3cc(Cl)c(C(F)(F)F)cc3[n+]2CCCS(C)(=O)=O)N(CCCS(C)(=O)=O)c2cc(C(F)(F)F)c(Cl)cc21. The van der Waals surface area contributed by atoms with Crippen LogP contribution >= 0.6 is 23.2 Å². The van der Waals surface area contributed by atoms with Crippen LogP contribution in [0.3, 0.4) is 0 Å². The molecule has 0 fully saturated rings. The maximum atomic E-state index is 13.9. The molecule has 0 N–H and O–H groups in total. The van der Waals surface area contributed by atoms with Crippen LogP contribution in [0.5, 0.6) is 0 Å². The molecule has 0 aliphatic carbocycles. The first kappa shape index (κ1) is 38.8. The van der Waals surface area contributed by atoms with Crippen LogP contribution in [0, 0.1) is 0 Å².